The Labute approximate surface area is 185 Å². The molecule has 1 heterocycles. The fourth-order valence-electron chi connectivity index (χ4n) is 2.63. The smallest absolute Gasteiger partial charge is 0.291 e. The molecular formula is C20H18Br2N4O3. The zero-order valence-electron chi connectivity index (χ0n) is 15.7. The molecule has 0 aliphatic rings. The molecule has 2 aromatic carbocycles. The summed E-state index contributed by atoms with van der Waals surface area (Å²) in [5.74, 6) is 0.749. The lowest BCUT2D eigenvalue weighted by Gasteiger charge is -2.10. The SMILES string of the molecule is COc1cc(/C=N\NC(=O)c2ccn(Cc3cccc(Br)c3)n2)cc(Br)c1OC. The molecular weight excluding hydrogens is 504 g/mol. The number of nitrogens with zero attached hydrogens (tertiary/aromatic N) is 3. The first kappa shape index (κ1) is 21.1. The van der Waals surface area contributed by atoms with E-state index < -0.39 is 5.91 Å². The van der Waals surface area contributed by atoms with Gasteiger partial charge in [0.2, 0.25) is 0 Å². The van der Waals surface area contributed by atoms with Gasteiger partial charge in [-0.3, -0.25) is 9.48 Å². The summed E-state index contributed by atoms with van der Waals surface area (Å²) in [6.07, 6.45) is 3.27. The number of hydrogen-bond acceptors (Lipinski definition) is 5. The molecule has 9 heteroatoms. The lowest BCUT2D eigenvalue weighted by molar-refractivity contribution is 0.0949. The molecule has 0 fully saturated rings. The minimum Gasteiger partial charge on any atom is -0.493 e. The van der Waals surface area contributed by atoms with Crippen LogP contribution in [0.2, 0.25) is 0 Å². The third-order valence-electron chi connectivity index (χ3n) is 3.94. The third kappa shape index (κ3) is 5.45. The van der Waals surface area contributed by atoms with Gasteiger partial charge in [0, 0.05) is 10.7 Å². The summed E-state index contributed by atoms with van der Waals surface area (Å²) in [6, 6.07) is 13.1. The normalized spacial score (nSPS) is 10.9. The Hall–Kier alpha value is -2.65. The summed E-state index contributed by atoms with van der Waals surface area (Å²) in [4.78, 5) is 12.3. The highest BCUT2D eigenvalue weighted by molar-refractivity contribution is 9.10. The van der Waals surface area contributed by atoms with Crippen LogP contribution in [-0.2, 0) is 6.54 Å². The summed E-state index contributed by atoms with van der Waals surface area (Å²) in [5.41, 5.74) is 4.57. The number of benzene rings is 2. The van der Waals surface area contributed by atoms with Gasteiger partial charge in [0.05, 0.1) is 31.5 Å². The Morgan fingerprint density at radius 1 is 1.21 bits per heavy atom. The van der Waals surface area contributed by atoms with Gasteiger partial charge in [-0.2, -0.15) is 10.2 Å². The summed E-state index contributed by atoms with van der Waals surface area (Å²) in [7, 11) is 3.11. The van der Waals surface area contributed by atoms with E-state index in [1.807, 2.05) is 30.3 Å². The van der Waals surface area contributed by atoms with E-state index in [0.29, 0.717) is 18.0 Å². The molecule has 0 aliphatic carbocycles. The zero-order valence-corrected chi connectivity index (χ0v) is 18.9. The van der Waals surface area contributed by atoms with Crippen LogP contribution in [-0.4, -0.2) is 36.1 Å². The molecule has 0 saturated carbocycles. The van der Waals surface area contributed by atoms with Gasteiger partial charge in [-0.1, -0.05) is 28.1 Å². The van der Waals surface area contributed by atoms with Gasteiger partial charge < -0.3 is 9.47 Å². The number of methoxy groups -OCH3 is 2. The fraction of sp³-hybridized carbons (Fsp3) is 0.150. The van der Waals surface area contributed by atoms with Gasteiger partial charge in [0.15, 0.2) is 17.2 Å². The number of ether oxygens (including phenoxy) is 2. The minimum absolute atomic E-state index is 0.283. The van der Waals surface area contributed by atoms with Crippen molar-refractivity contribution in [3.8, 4) is 11.5 Å². The van der Waals surface area contributed by atoms with Crippen molar-refractivity contribution in [3.05, 3.63) is 74.4 Å². The number of nitrogens with one attached hydrogen (secondary N) is 1. The van der Waals surface area contributed by atoms with Gasteiger partial charge in [0.1, 0.15) is 0 Å². The Morgan fingerprint density at radius 3 is 2.76 bits per heavy atom. The standard InChI is InChI=1S/C20H18Br2N4O3/c1-28-18-10-14(9-16(22)19(18)29-2)11-23-24-20(27)17-6-7-26(25-17)12-13-4-3-5-15(21)8-13/h3-11H,12H2,1-2H3,(H,24,27)/b23-11-. The van der Waals surface area contributed by atoms with Crippen LogP contribution in [0.15, 0.2) is 62.7 Å². The second-order valence-electron chi connectivity index (χ2n) is 5.97. The molecule has 0 unspecified atom stereocenters. The average Bonchev–Trinajstić information content (AvgIpc) is 3.16. The summed E-state index contributed by atoms with van der Waals surface area (Å²) in [5, 5.41) is 8.29. The lowest BCUT2D eigenvalue weighted by atomic mass is 10.2. The van der Waals surface area contributed by atoms with Gasteiger partial charge in [-0.15, -0.1) is 0 Å². The van der Waals surface area contributed by atoms with E-state index in [1.54, 1.807) is 37.2 Å². The van der Waals surface area contributed by atoms with Crippen LogP contribution in [0.25, 0.3) is 0 Å². The largest absolute Gasteiger partial charge is 0.493 e. The Balaban J connectivity index is 1.64. The first-order chi connectivity index (χ1) is 14.0. The van der Waals surface area contributed by atoms with Gasteiger partial charge >= 0.3 is 0 Å². The van der Waals surface area contributed by atoms with E-state index in [1.165, 1.54) is 6.21 Å². The van der Waals surface area contributed by atoms with Gasteiger partial charge in [-0.05, 0) is 57.4 Å². The van der Waals surface area contributed by atoms with Crippen LogP contribution < -0.4 is 14.9 Å². The second-order valence-corrected chi connectivity index (χ2v) is 7.74. The van der Waals surface area contributed by atoms with Gasteiger partial charge in [-0.25, -0.2) is 5.43 Å². The van der Waals surface area contributed by atoms with Crippen LogP contribution in [0.5, 0.6) is 11.5 Å². The van der Waals surface area contributed by atoms with Crippen LogP contribution in [0.3, 0.4) is 0 Å². The van der Waals surface area contributed by atoms with Crippen molar-refractivity contribution < 1.29 is 14.3 Å². The molecule has 0 atom stereocenters. The predicted octanol–water partition coefficient (Wildman–Crippen LogP) is 4.24. The summed E-state index contributed by atoms with van der Waals surface area (Å²) >= 11 is 6.87. The van der Waals surface area contributed by atoms with Crippen LogP contribution in [0, 0.1) is 0 Å². The van der Waals surface area contributed by atoms with E-state index >= 15 is 0 Å². The molecule has 1 N–H and O–H groups in total. The maximum absolute atomic E-state index is 12.3. The Morgan fingerprint density at radius 2 is 2.03 bits per heavy atom. The molecule has 0 bridgehead atoms. The first-order valence-electron chi connectivity index (χ1n) is 8.53. The molecule has 0 spiro atoms. The monoisotopic (exact) mass is 520 g/mol. The lowest BCUT2D eigenvalue weighted by Crippen LogP contribution is -2.18. The maximum atomic E-state index is 12.3. The first-order valence-corrected chi connectivity index (χ1v) is 10.1. The molecule has 0 aliphatic heterocycles. The van der Waals surface area contributed by atoms with Crippen molar-refractivity contribution in [2.24, 2.45) is 5.10 Å². The Bertz CT molecular complexity index is 1050. The predicted molar refractivity (Wildman–Crippen MR) is 118 cm³/mol. The van der Waals surface area contributed by atoms with Crippen molar-refractivity contribution in [1.29, 1.82) is 0 Å². The minimum atomic E-state index is -0.395. The highest BCUT2D eigenvalue weighted by Gasteiger charge is 2.11. The average molecular weight is 522 g/mol. The van der Waals surface area contributed by atoms with Crippen molar-refractivity contribution in [2.75, 3.05) is 14.2 Å². The third-order valence-corrected chi connectivity index (χ3v) is 5.02. The highest BCUT2D eigenvalue weighted by atomic mass is 79.9. The number of aromatic nitrogens is 2. The van der Waals surface area contributed by atoms with Crippen molar-refractivity contribution >= 4 is 44.0 Å². The van der Waals surface area contributed by atoms with E-state index in [-0.39, 0.29) is 5.69 Å². The summed E-state index contributed by atoms with van der Waals surface area (Å²) < 4.78 is 14.0. The van der Waals surface area contributed by atoms with E-state index in [2.05, 4.69) is 47.5 Å². The number of rotatable bonds is 7. The van der Waals surface area contributed by atoms with E-state index in [4.69, 9.17) is 9.47 Å². The Kier molecular flexibility index (Phi) is 7.05. The highest BCUT2D eigenvalue weighted by Crippen LogP contribution is 2.35. The van der Waals surface area contributed by atoms with Crippen LogP contribution in [0.1, 0.15) is 21.6 Å². The van der Waals surface area contributed by atoms with Crippen LogP contribution >= 0.6 is 31.9 Å². The van der Waals surface area contributed by atoms with Gasteiger partial charge in [0.25, 0.3) is 5.91 Å². The number of amides is 1. The molecule has 150 valence electrons. The van der Waals surface area contributed by atoms with Crippen molar-refractivity contribution in [1.82, 2.24) is 15.2 Å². The quantitative estimate of drug-likeness (QED) is 0.372. The summed E-state index contributed by atoms with van der Waals surface area (Å²) in [6.45, 7) is 0.565. The maximum Gasteiger partial charge on any atom is 0.291 e. The second kappa shape index (κ2) is 9.71. The fourth-order valence-corrected chi connectivity index (χ4v) is 3.70. The molecule has 1 amide bonds. The molecule has 3 rings (SSSR count). The number of hydrazone groups is 1. The van der Waals surface area contributed by atoms with E-state index in [0.717, 1.165) is 20.1 Å². The number of carbonyl (C=O) groups is 1. The zero-order chi connectivity index (χ0) is 20.8. The molecule has 3 aromatic rings. The van der Waals surface area contributed by atoms with Crippen molar-refractivity contribution in [2.45, 2.75) is 6.54 Å². The number of hydrogen-bond donors (Lipinski definition) is 1. The topological polar surface area (TPSA) is 77.7 Å². The van der Waals surface area contributed by atoms with Crippen LogP contribution in [0.4, 0.5) is 0 Å². The molecule has 0 saturated heterocycles. The van der Waals surface area contributed by atoms with E-state index in [9.17, 15) is 4.79 Å². The molecule has 7 nitrogen and oxygen atoms in total. The number of carbonyl (C=O) groups excluding carboxylic acids is 1. The molecule has 0 radical (unpaired) electrons. The molecule has 1 aromatic heterocycles. The molecule has 29 heavy (non-hydrogen) atoms. The number of halogens is 2. The van der Waals surface area contributed by atoms with Crippen molar-refractivity contribution in [3.63, 3.8) is 0 Å².